The van der Waals surface area contributed by atoms with E-state index in [1.807, 2.05) is 20.0 Å². The summed E-state index contributed by atoms with van der Waals surface area (Å²) in [5.74, 6) is 2.76. The standard InChI is InChI=1S/C19H33N5/c1-5-16(6-2)14-21-19(20-4)23-17-10-12-24(13-11-17)18-9-7-8-15(3)22-18/h7-9,16-17H,5-6,10-14H2,1-4H3,(H2,20,21,23). The molecule has 0 radical (unpaired) electrons. The lowest BCUT2D eigenvalue weighted by Gasteiger charge is -2.34. The molecule has 1 aliphatic rings. The lowest BCUT2D eigenvalue weighted by molar-refractivity contribution is 0.448. The molecule has 1 aromatic rings. The molecule has 0 spiro atoms. The van der Waals surface area contributed by atoms with Gasteiger partial charge in [0.15, 0.2) is 5.96 Å². The van der Waals surface area contributed by atoms with Crippen molar-refractivity contribution in [3.63, 3.8) is 0 Å². The molecule has 5 heteroatoms. The van der Waals surface area contributed by atoms with Crippen molar-refractivity contribution in [3.8, 4) is 0 Å². The lowest BCUT2D eigenvalue weighted by atomic mass is 10.0. The van der Waals surface area contributed by atoms with Crippen molar-refractivity contribution in [1.82, 2.24) is 15.6 Å². The fraction of sp³-hybridized carbons (Fsp3) is 0.684. The highest BCUT2D eigenvalue weighted by Crippen LogP contribution is 2.18. The molecule has 0 aromatic carbocycles. The number of pyridine rings is 1. The van der Waals surface area contributed by atoms with Gasteiger partial charge in [-0.25, -0.2) is 4.98 Å². The molecule has 0 bridgehead atoms. The zero-order chi connectivity index (χ0) is 17.4. The van der Waals surface area contributed by atoms with E-state index in [2.05, 4.69) is 51.5 Å². The first kappa shape index (κ1) is 18.6. The van der Waals surface area contributed by atoms with Crippen molar-refractivity contribution in [2.24, 2.45) is 10.9 Å². The summed E-state index contributed by atoms with van der Waals surface area (Å²) < 4.78 is 0. The highest BCUT2D eigenvalue weighted by molar-refractivity contribution is 5.80. The zero-order valence-corrected chi connectivity index (χ0v) is 15.7. The first-order valence-electron chi connectivity index (χ1n) is 9.32. The summed E-state index contributed by atoms with van der Waals surface area (Å²) in [6, 6.07) is 6.73. The van der Waals surface area contributed by atoms with Crippen LogP contribution in [0.1, 0.15) is 45.2 Å². The Morgan fingerprint density at radius 3 is 2.58 bits per heavy atom. The van der Waals surface area contributed by atoms with Crippen molar-refractivity contribution in [1.29, 1.82) is 0 Å². The highest BCUT2D eigenvalue weighted by Gasteiger charge is 2.21. The van der Waals surface area contributed by atoms with Gasteiger partial charge < -0.3 is 15.5 Å². The van der Waals surface area contributed by atoms with Gasteiger partial charge in [-0.1, -0.05) is 32.8 Å². The molecule has 0 amide bonds. The quantitative estimate of drug-likeness (QED) is 0.621. The summed E-state index contributed by atoms with van der Waals surface area (Å²) in [4.78, 5) is 11.4. The van der Waals surface area contributed by atoms with Gasteiger partial charge in [0.25, 0.3) is 0 Å². The van der Waals surface area contributed by atoms with Gasteiger partial charge in [0.1, 0.15) is 5.82 Å². The number of nitrogens with one attached hydrogen (secondary N) is 2. The molecule has 1 aromatic heterocycles. The van der Waals surface area contributed by atoms with Crippen LogP contribution in [0.2, 0.25) is 0 Å². The normalized spacial score (nSPS) is 16.5. The van der Waals surface area contributed by atoms with Crippen LogP contribution in [0.15, 0.2) is 23.2 Å². The number of aliphatic imine (C=N–C) groups is 1. The fourth-order valence-electron chi connectivity index (χ4n) is 3.16. The third-order valence-corrected chi connectivity index (χ3v) is 4.97. The topological polar surface area (TPSA) is 52.6 Å². The molecule has 0 aliphatic carbocycles. The summed E-state index contributed by atoms with van der Waals surface area (Å²) in [5.41, 5.74) is 1.08. The van der Waals surface area contributed by atoms with Crippen molar-refractivity contribution in [3.05, 3.63) is 23.9 Å². The van der Waals surface area contributed by atoms with Gasteiger partial charge in [-0.3, -0.25) is 4.99 Å². The molecule has 2 rings (SSSR count). The molecule has 0 saturated carbocycles. The van der Waals surface area contributed by atoms with Crippen LogP contribution < -0.4 is 15.5 Å². The number of aromatic nitrogens is 1. The Balaban J connectivity index is 1.79. The molecule has 0 atom stereocenters. The Labute approximate surface area is 147 Å². The fourth-order valence-corrected chi connectivity index (χ4v) is 3.16. The number of piperidine rings is 1. The van der Waals surface area contributed by atoms with Gasteiger partial charge in [-0.2, -0.15) is 0 Å². The number of nitrogens with zero attached hydrogens (tertiary/aromatic N) is 3. The average molecular weight is 332 g/mol. The van der Waals surface area contributed by atoms with Crippen LogP contribution in [-0.2, 0) is 0 Å². The maximum atomic E-state index is 4.64. The van der Waals surface area contributed by atoms with Crippen LogP contribution in [0, 0.1) is 12.8 Å². The number of anilines is 1. The van der Waals surface area contributed by atoms with E-state index in [9.17, 15) is 0 Å². The maximum absolute atomic E-state index is 4.64. The Morgan fingerprint density at radius 1 is 1.29 bits per heavy atom. The van der Waals surface area contributed by atoms with E-state index >= 15 is 0 Å². The number of hydrogen-bond donors (Lipinski definition) is 2. The second-order valence-electron chi connectivity index (χ2n) is 6.68. The molecule has 2 N–H and O–H groups in total. The molecular formula is C19H33N5. The average Bonchev–Trinajstić information content (AvgIpc) is 2.62. The predicted molar refractivity (Wildman–Crippen MR) is 103 cm³/mol. The van der Waals surface area contributed by atoms with Crippen LogP contribution in [0.25, 0.3) is 0 Å². The molecule has 0 unspecified atom stereocenters. The largest absolute Gasteiger partial charge is 0.356 e. The summed E-state index contributed by atoms with van der Waals surface area (Å²) in [5, 5.41) is 7.07. The molecule has 2 heterocycles. The summed E-state index contributed by atoms with van der Waals surface area (Å²) in [6.07, 6.45) is 4.65. The molecule has 1 saturated heterocycles. The molecule has 1 fully saturated rings. The van der Waals surface area contributed by atoms with E-state index in [1.54, 1.807) is 0 Å². The maximum Gasteiger partial charge on any atom is 0.191 e. The molecule has 24 heavy (non-hydrogen) atoms. The summed E-state index contributed by atoms with van der Waals surface area (Å²) >= 11 is 0. The number of rotatable bonds is 6. The number of guanidine groups is 1. The van der Waals surface area contributed by atoms with E-state index in [-0.39, 0.29) is 0 Å². The summed E-state index contributed by atoms with van der Waals surface area (Å²) in [7, 11) is 1.86. The Bertz CT molecular complexity index is 516. The molecule has 1 aliphatic heterocycles. The van der Waals surface area contributed by atoms with Crippen LogP contribution in [-0.4, -0.2) is 43.7 Å². The van der Waals surface area contributed by atoms with E-state index in [0.29, 0.717) is 6.04 Å². The van der Waals surface area contributed by atoms with Crippen LogP contribution >= 0.6 is 0 Å². The van der Waals surface area contributed by atoms with Gasteiger partial charge in [-0.15, -0.1) is 0 Å². The smallest absolute Gasteiger partial charge is 0.191 e. The van der Waals surface area contributed by atoms with Crippen LogP contribution in [0.4, 0.5) is 5.82 Å². The van der Waals surface area contributed by atoms with E-state index < -0.39 is 0 Å². The van der Waals surface area contributed by atoms with E-state index in [4.69, 9.17) is 0 Å². The van der Waals surface area contributed by atoms with Crippen molar-refractivity contribution in [2.75, 3.05) is 31.6 Å². The van der Waals surface area contributed by atoms with Crippen LogP contribution in [0.3, 0.4) is 0 Å². The van der Waals surface area contributed by atoms with Gasteiger partial charge in [0.05, 0.1) is 0 Å². The summed E-state index contributed by atoms with van der Waals surface area (Å²) in [6.45, 7) is 9.63. The highest BCUT2D eigenvalue weighted by atomic mass is 15.2. The SMILES string of the molecule is CCC(CC)CNC(=NC)NC1CCN(c2cccc(C)n2)CC1. The Hall–Kier alpha value is -1.78. The molecule has 5 nitrogen and oxygen atoms in total. The molecule has 134 valence electrons. The first-order chi connectivity index (χ1) is 11.7. The monoisotopic (exact) mass is 331 g/mol. The minimum Gasteiger partial charge on any atom is -0.356 e. The zero-order valence-electron chi connectivity index (χ0n) is 15.7. The minimum atomic E-state index is 0.485. The number of aryl methyl sites for hydroxylation is 1. The van der Waals surface area contributed by atoms with Crippen LogP contribution in [0.5, 0.6) is 0 Å². The minimum absolute atomic E-state index is 0.485. The molecular weight excluding hydrogens is 298 g/mol. The van der Waals surface area contributed by atoms with Gasteiger partial charge in [0, 0.05) is 38.4 Å². The van der Waals surface area contributed by atoms with Crippen molar-refractivity contribution >= 4 is 11.8 Å². The first-order valence-corrected chi connectivity index (χ1v) is 9.32. The lowest BCUT2D eigenvalue weighted by Crippen LogP contribution is -2.49. The van der Waals surface area contributed by atoms with Gasteiger partial charge in [-0.05, 0) is 37.8 Å². The van der Waals surface area contributed by atoms with Crippen molar-refractivity contribution in [2.45, 2.75) is 52.5 Å². The Morgan fingerprint density at radius 2 is 2.00 bits per heavy atom. The van der Waals surface area contributed by atoms with Crippen molar-refractivity contribution < 1.29 is 0 Å². The number of hydrogen-bond acceptors (Lipinski definition) is 3. The third-order valence-electron chi connectivity index (χ3n) is 4.97. The van der Waals surface area contributed by atoms with Gasteiger partial charge in [0.2, 0.25) is 0 Å². The van der Waals surface area contributed by atoms with Gasteiger partial charge >= 0.3 is 0 Å². The Kier molecular flexibility index (Phi) is 7.35. The van der Waals surface area contributed by atoms with E-state index in [0.717, 1.165) is 55.9 Å². The second-order valence-corrected chi connectivity index (χ2v) is 6.68. The predicted octanol–water partition coefficient (Wildman–Crippen LogP) is 2.96. The van der Waals surface area contributed by atoms with E-state index in [1.165, 1.54) is 12.8 Å². The second kappa shape index (κ2) is 9.50. The third kappa shape index (κ3) is 5.39.